The van der Waals surface area contributed by atoms with Crippen molar-refractivity contribution >= 4 is 28.1 Å². The number of amides is 1. The van der Waals surface area contributed by atoms with Crippen LogP contribution in [-0.4, -0.2) is 23.1 Å². The Labute approximate surface area is 193 Å². The van der Waals surface area contributed by atoms with Crippen LogP contribution in [0.5, 0.6) is 0 Å². The van der Waals surface area contributed by atoms with Crippen LogP contribution < -0.4 is 11.1 Å². The van der Waals surface area contributed by atoms with Crippen LogP contribution in [0.15, 0.2) is 30.3 Å². The largest absolute Gasteiger partial charge is 0.386 e. The van der Waals surface area contributed by atoms with E-state index in [2.05, 4.69) is 10.3 Å². The molecule has 4 N–H and O–H groups in total. The number of halogens is 3. The molecule has 3 rings (SSSR count). The summed E-state index contributed by atoms with van der Waals surface area (Å²) in [4.78, 5) is 15.8. The summed E-state index contributed by atoms with van der Waals surface area (Å²) in [5.41, 5.74) is 3.01. The second kappa shape index (κ2) is 8.77. The van der Waals surface area contributed by atoms with Gasteiger partial charge in [-0.1, -0.05) is 0 Å². The van der Waals surface area contributed by atoms with Gasteiger partial charge in [0, 0.05) is 17.6 Å². The molecule has 0 aliphatic carbocycles. The molecule has 6 nitrogen and oxygen atoms in total. The Hall–Kier alpha value is -2.95. The van der Waals surface area contributed by atoms with Crippen LogP contribution in [-0.2, 0) is 15.9 Å². The summed E-state index contributed by atoms with van der Waals surface area (Å²) in [6, 6.07) is 6.36. The fraction of sp³-hybridized carbons (Fsp3) is 0.304. The minimum Gasteiger partial charge on any atom is -0.386 e. The zero-order valence-corrected chi connectivity index (χ0v) is 19.5. The molecule has 2 heterocycles. The molecule has 2 aromatic heterocycles. The van der Waals surface area contributed by atoms with Crippen molar-refractivity contribution < 1.29 is 27.8 Å². The Morgan fingerprint density at radius 2 is 1.73 bits per heavy atom. The van der Waals surface area contributed by atoms with Crippen LogP contribution in [0.3, 0.4) is 0 Å². The molecule has 10 heteroatoms. The molecule has 1 amide bonds. The van der Waals surface area contributed by atoms with Gasteiger partial charge in [0.1, 0.15) is 22.5 Å². The topological polar surface area (TPSA) is 97.5 Å². The minimum absolute atomic E-state index is 0.0155. The van der Waals surface area contributed by atoms with Crippen molar-refractivity contribution in [3.05, 3.63) is 64.6 Å². The van der Waals surface area contributed by atoms with Gasteiger partial charge >= 0.3 is 0 Å². The predicted molar refractivity (Wildman–Crippen MR) is 121 cm³/mol. The zero-order chi connectivity index (χ0) is 24.7. The van der Waals surface area contributed by atoms with Crippen molar-refractivity contribution in [3.63, 3.8) is 0 Å². The van der Waals surface area contributed by atoms with Crippen LogP contribution >= 0.6 is 11.3 Å². The van der Waals surface area contributed by atoms with Gasteiger partial charge < -0.3 is 20.9 Å². The molecule has 0 unspecified atom stereocenters. The molecule has 33 heavy (non-hydrogen) atoms. The lowest BCUT2D eigenvalue weighted by Crippen LogP contribution is -2.20. The first kappa shape index (κ1) is 24.7. The smallest absolute Gasteiger partial charge is 0.251 e. The maximum absolute atomic E-state index is 14.9. The number of primary amides is 1. The third-order valence-corrected chi connectivity index (χ3v) is 6.31. The standard InChI is InChI=1S/C23H24F3N3O3S/c1-22(2,31)13-6-7-17(28-19(13)26)29-21-12(20(27)30)10-16(33-21)18-14(24)8-11(9-15(18)25)23(3,4)32-5/h6-10,31H,1-5H3,(H2,27,30)(H,28,29). The first-order valence-electron chi connectivity index (χ1n) is 9.89. The summed E-state index contributed by atoms with van der Waals surface area (Å²) in [5.74, 6) is -3.39. The SMILES string of the molecule is COC(C)(C)c1cc(F)c(-c2cc(C(N)=O)c(Nc3ccc(C(C)(C)O)c(F)n3)s2)c(F)c1. The van der Waals surface area contributed by atoms with E-state index in [1.54, 1.807) is 13.8 Å². The van der Waals surface area contributed by atoms with Crippen molar-refractivity contribution in [2.24, 2.45) is 5.73 Å². The summed E-state index contributed by atoms with van der Waals surface area (Å²) < 4.78 is 49.5. The van der Waals surface area contributed by atoms with E-state index in [1.165, 1.54) is 51.3 Å². The lowest BCUT2D eigenvalue weighted by Gasteiger charge is -2.24. The number of ether oxygens (including phenoxy) is 1. The number of nitrogens with one attached hydrogen (secondary N) is 1. The van der Waals surface area contributed by atoms with E-state index in [1.807, 2.05) is 0 Å². The monoisotopic (exact) mass is 479 g/mol. The molecule has 0 bridgehead atoms. The number of methoxy groups -OCH3 is 1. The number of hydrogen-bond donors (Lipinski definition) is 3. The number of benzene rings is 1. The number of nitrogens with two attached hydrogens (primary N) is 1. The summed E-state index contributed by atoms with van der Waals surface area (Å²) in [5, 5.41) is 12.9. The Morgan fingerprint density at radius 3 is 2.21 bits per heavy atom. The average Bonchev–Trinajstić information content (AvgIpc) is 3.10. The molecule has 0 fully saturated rings. The van der Waals surface area contributed by atoms with Crippen molar-refractivity contribution in [2.45, 2.75) is 38.9 Å². The Balaban J connectivity index is 2.04. The van der Waals surface area contributed by atoms with Gasteiger partial charge in [-0.2, -0.15) is 4.39 Å². The number of rotatable bonds is 7. The van der Waals surface area contributed by atoms with Crippen molar-refractivity contribution in [2.75, 3.05) is 12.4 Å². The van der Waals surface area contributed by atoms with Crippen LogP contribution in [0, 0.1) is 17.6 Å². The Morgan fingerprint density at radius 1 is 1.12 bits per heavy atom. The molecule has 3 aromatic rings. The van der Waals surface area contributed by atoms with Gasteiger partial charge in [-0.3, -0.25) is 4.79 Å². The summed E-state index contributed by atoms with van der Waals surface area (Å²) in [6.07, 6.45) is 0. The highest BCUT2D eigenvalue weighted by molar-refractivity contribution is 7.20. The molecule has 0 saturated heterocycles. The Bertz CT molecular complexity index is 1200. The number of aliphatic hydroxyl groups is 1. The maximum atomic E-state index is 14.9. The number of carbonyl (C=O) groups is 1. The summed E-state index contributed by atoms with van der Waals surface area (Å²) >= 11 is 0.864. The molecular weight excluding hydrogens is 455 g/mol. The van der Waals surface area contributed by atoms with E-state index in [0.29, 0.717) is 5.56 Å². The van der Waals surface area contributed by atoms with Gasteiger partial charge in [0.05, 0.1) is 22.3 Å². The Kier molecular flexibility index (Phi) is 6.56. The third-order valence-electron chi connectivity index (χ3n) is 5.24. The molecule has 0 saturated carbocycles. The van der Waals surface area contributed by atoms with Gasteiger partial charge in [-0.25, -0.2) is 13.8 Å². The minimum atomic E-state index is -1.44. The summed E-state index contributed by atoms with van der Waals surface area (Å²) in [7, 11) is 1.44. The number of thiophene rings is 1. The lowest BCUT2D eigenvalue weighted by atomic mass is 9.95. The number of hydrogen-bond acceptors (Lipinski definition) is 6. The molecule has 1 aromatic carbocycles. The van der Waals surface area contributed by atoms with Crippen molar-refractivity contribution in [3.8, 4) is 10.4 Å². The van der Waals surface area contributed by atoms with E-state index in [-0.39, 0.29) is 32.4 Å². The average molecular weight is 480 g/mol. The highest BCUT2D eigenvalue weighted by atomic mass is 32.1. The third kappa shape index (κ3) is 5.02. The van der Waals surface area contributed by atoms with Gasteiger partial charge in [-0.15, -0.1) is 11.3 Å². The lowest BCUT2D eigenvalue weighted by molar-refractivity contribution is 0.0187. The van der Waals surface area contributed by atoms with Gasteiger partial charge in [-0.05, 0) is 63.6 Å². The quantitative estimate of drug-likeness (QED) is 0.406. The van der Waals surface area contributed by atoms with Crippen LogP contribution in [0.4, 0.5) is 24.0 Å². The van der Waals surface area contributed by atoms with E-state index in [0.717, 1.165) is 11.3 Å². The second-order valence-electron chi connectivity index (χ2n) is 8.47. The van der Waals surface area contributed by atoms with Crippen LogP contribution in [0.1, 0.15) is 49.2 Å². The highest BCUT2D eigenvalue weighted by Crippen LogP contribution is 2.40. The number of nitrogens with zero attached hydrogens (tertiary/aromatic N) is 1. The summed E-state index contributed by atoms with van der Waals surface area (Å²) in [6.45, 7) is 6.18. The van der Waals surface area contributed by atoms with Crippen molar-refractivity contribution in [1.82, 2.24) is 4.98 Å². The van der Waals surface area contributed by atoms with Gasteiger partial charge in [0.15, 0.2) is 0 Å². The molecular formula is C23H24F3N3O3S. The first-order chi connectivity index (χ1) is 15.2. The van der Waals surface area contributed by atoms with Crippen LogP contribution in [0.2, 0.25) is 0 Å². The highest BCUT2D eigenvalue weighted by Gasteiger charge is 2.26. The number of aromatic nitrogens is 1. The zero-order valence-electron chi connectivity index (χ0n) is 18.7. The van der Waals surface area contributed by atoms with E-state index in [9.17, 15) is 23.1 Å². The van der Waals surface area contributed by atoms with E-state index >= 15 is 0 Å². The molecule has 176 valence electrons. The van der Waals surface area contributed by atoms with E-state index in [4.69, 9.17) is 10.5 Å². The first-order valence-corrected chi connectivity index (χ1v) is 10.7. The van der Waals surface area contributed by atoms with E-state index < -0.39 is 34.7 Å². The maximum Gasteiger partial charge on any atom is 0.251 e. The normalized spacial score (nSPS) is 12.2. The number of carbonyl (C=O) groups excluding carboxylic acids is 1. The molecule has 0 radical (unpaired) electrons. The molecule has 0 aliphatic heterocycles. The fourth-order valence-corrected chi connectivity index (χ4v) is 4.26. The number of anilines is 2. The van der Waals surface area contributed by atoms with Gasteiger partial charge in [0.2, 0.25) is 5.95 Å². The molecule has 0 atom stereocenters. The van der Waals surface area contributed by atoms with Gasteiger partial charge in [0.25, 0.3) is 5.91 Å². The van der Waals surface area contributed by atoms with Crippen LogP contribution in [0.25, 0.3) is 10.4 Å². The molecule has 0 aliphatic rings. The molecule has 0 spiro atoms. The van der Waals surface area contributed by atoms with Crippen molar-refractivity contribution in [1.29, 1.82) is 0 Å². The second-order valence-corrected chi connectivity index (χ2v) is 9.52. The predicted octanol–water partition coefficient (Wildman–Crippen LogP) is 5.18. The number of pyridine rings is 1. The fourth-order valence-electron chi connectivity index (χ4n) is 3.14.